The van der Waals surface area contributed by atoms with E-state index in [0.29, 0.717) is 5.52 Å². The van der Waals surface area contributed by atoms with Gasteiger partial charge in [0.05, 0.1) is 41.0 Å². The lowest BCUT2D eigenvalue weighted by atomic mass is 10.0. The number of thiazole rings is 1. The van der Waals surface area contributed by atoms with Crippen LogP contribution in [0.25, 0.3) is 21.3 Å². The Morgan fingerprint density at radius 3 is 2.69 bits per heavy atom. The fraction of sp³-hybridized carbons (Fsp3) is 0.435. The van der Waals surface area contributed by atoms with E-state index in [1.165, 1.54) is 7.11 Å². The maximum atomic E-state index is 13.1. The van der Waals surface area contributed by atoms with E-state index in [1.807, 2.05) is 32.0 Å². The third-order valence-electron chi connectivity index (χ3n) is 5.60. The number of carbonyl (C=O) groups excluding carboxylic acids is 2. The summed E-state index contributed by atoms with van der Waals surface area (Å²) in [6, 6.07) is 5.84. The average molecular weight is 518 g/mol. The topological polar surface area (TPSA) is 140 Å². The van der Waals surface area contributed by atoms with Crippen molar-refractivity contribution in [3.05, 3.63) is 40.7 Å². The van der Waals surface area contributed by atoms with Gasteiger partial charge in [0.25, 0.3) is 0 Å². The first kappa shape index (κ1) is 25.1. The normalized spacial score (nSPS) is 14.6. The van der Waals surface area contributed by atoms with Gasteiger partial charge in [-0.05, 0) is 56.0 Å². The third-order valence-corrected chi connectivity index (χ3v) is 8.72. The zero-order chi connectivity index (χ0) is 25.2. The Hall–Kier alpha value is -2.96. The molecule has 35 heavy (non-hydrogen) atoms. The molecule has 1 fully saturated rings. The summed E-state index contributed by atoms with van der Waals surface area (Å²) in [5.74, 6) is -1.48. The molecule has 0 saturated heterocycles. The van der Waals surface area contributed by atoms with E-state index in [2.05, 4.69) is 25.8 Å². The minimum atomic E-state index is -3.96. The summed E-state index contributed by atoms with van der Waals surface area (Å²) in [7, 11) is -2.57. The molecule has 186 valence electrons. The molecule has 2 amide bonds. The highest BCUT2D eigenvalue weighted by Crippen LogP contribution is 2.35. The van der Waals surface area contributed by atoms with Gasteiger partial charge in [-0.3, -0.25) is 9.59 Å². The molecular formula is C23H27N5O5S2. The summed E-state index contributed by atoms with van der Waals surface area (Å²) in [5.41, 5.74) is 4.11. The highest BCUT2D eigenvalue weighted by molar-refractivity contribution is 7.92. The Morgan fingerprint density at radius 1 is 1.23 bits per heavy atom. The van der Waals surface area contributed by atoms with Crippen LogP contribution in [0.3, 0.4) is 0 Å². The van der Waals surface area contributed by atoms with Crippen LogP contribution in [-0.4, -0.2) is 67.5 Å². The van der Waals surface area contributed by atoms with Crippen molar-refractivity contribution in [3.8, 4) is 11.1 Å². The summed E-state index contributed by atoms with van der Waals surface area (Å²) >= 11 is 1.14. The smallest absolute Gasteiger partial charge is 0.245 e. The number of hydrogen-bond acceptors (Lipinski definition) is 9. The second-order valence-corrected chi connectivity index (χ2v) is 11.8. The second kappa shape index (κ2) is 10.3. The summed E-state index contributed by atoms with van der Waals surface area (Å²) in [6.45, 7) is 3.43. The first-order valence-electron chi connectivity index (χ1n) is 11.2. The lowest BCUT2D eigenvalue weighted by Gasteiger charge is -2.15. The molecular weight excluding hydrogens is 490 g/mol. The van der Waals surface area contributed by atoms with Gasteiger partial charge in [0.15, 0.2) is 15.1 Å². The van der Waals surface area contributed by atoms with Crippen molar-refractivity contribution in [2.45, 2.75) is 38.0 Å². The lowest BCUT2D eigenvalue weighted by Crippen LogP contribution is -2.41. The molecule has 1 aliphatic rings. The zero-order valence-electron chi connectivity index (χ0n) is 19.7. The number of nitrogens with zero attached hydrogens (tertiary/aromatic N) is 3. The number of aromatic nitrogens is 3. The predicted molar refractivity (Wildman–Crippen MR) is 133 cm³/mol. The van der Waals surface area contributed by atoms with Crippen LogP contribution in [0.5, 0.6) is 0 Å². The van der Waals surface area contributed by atoms with Crippen LogP contribution in [0, 0.1) is 13.8 Å². The molecule has 0 aliphatic heterocycles. The molecule has 2 heterocycles. The molecule has 2 N–H and O–H groups in total. The summed E-state index contributed by atoms with van der Waals surface area (Å²) in [4.78, 5) is 29.6. The van der Waals surface area contributed by atoms with E-state index in [4.69, 9.17) is 4.74 Å². The number of benzene rings is 1. The molecule has 12 heteroatoms. The van der Waals surface area contributed by atoms with Gasteiger partial charge < -0.3 is 15.4 Å². The number of methoxy groups -OCH3 is 1. The van der Waals surface area contributed by atoms with Gasteiger partial charge in [0.2, 0.25) is 11.8 Å². The van der Waals surface area contributed by atoms with Crippen molar-refractivity contribution < 1.29 is 22.7 Å². The van der Waals surface area contributed by atoms with Crippen molar-refractivity contribution in [1.29, 1.82) is 0 Å². The van der Waals surface area contributed by atoms with Crippen molar-refractivity contribution in [3.63, 3.8) is 0 Å². The van der Waals surface area contributed by atoms with E-state index in [9.17, 15) is 18.0 Å². The van der Waals surface area contributed by atoms with E-state index in [-0.39, 0.29) is 35.9 Å². The number of aryl methyl sites for hydroxylation is 2. The maximum absolute atomic E-state index is 13.1. The number of amides is 2. The highest BCUT2D eigenvalue weighted by Gasteiger charge is 2.37. The molecule has 10 nitrogen and oxygen atoms in total. The van der Waals surface area contributed by atoms with Crippen molar-refractivity contribution in [2.75, 3.05) is 26.0 Å². The Morgan fingerprint density at radius 2 is 2.00 bits per heavy atom. The Labute approximate surface area is 207 Å². The monoisotopic (exact) mass is 517 g/mol. The van der Waals surface area contributed by atoms with Crippen LogP contribution in [0.1, 0.15) is 34.4 Å². The van der Waals surface area contributed by atoms with Crippen LogP contribution in [0.2, 0.25) is 0 Å². The molecule has 2 aromatic heterocycles. The third kappa shape index (κ3) is 6.00. The molecule has 1 aromatic carbocycles. The first-order chi connectivity index (χ1) is 16.7. The standard InChI is InChI=1S/C23H27N5O5S2/c1-13-8-18-19(10-17(13)15-9-14(2)28-25-11-15)34-23(27-18)21(35(31,32)7-6-33-3)22(30)24-12-20(29)26-16-4-5-16/h8-11,16,21H,4-7,12H2,1-3H3,(H,24,30)(H,26,29). The molecule has 0 radical (unpaired) electrons. The van der Waals surface area contributed by atoms with Crippen molar-refractivity contribution in [2.24, 2.45) is 0 Å². The number of carbonyl (C=O) groups is 2. The molecule has 1 aliphatic carbocycles. The number of fused-ring (bicyclic) bond motifs is 1. The van der Waals surface area contributed by atoms with Gasteiger partial charge in [-0.1, -0.05) is 0 Å². The van der Waals surface area contributed by atoms with Gasteiger partial charge in [-0.2, -0.15) is 10.2 Å². The SMILES string of the molecule is COCCS(=O)(=O)C(C(=O)NCC(=O)NC1CC1)c1nc2cc(C)c(-c3cnnc(C)c3)cc2s1. The van der Waals surface area contributed by atoms with Crippen LogP contribution >= 0.6 is 11.3 Å². The number of hydrogen-bond donors (Lipinski definition) is 2. The van der Waals surface area contributed by atoms with Gasteiger partial charge in [-0.25, -0.2) is 13.4 Å². The minimum Gasteiger partial charge on any atom is -0.384 e. The van der Waals surface area contributed by atoms with Crippen molar-refractivity contribution in [1.82, 2.24) is 25.8 Å². The Balaban J connectivity index is 1.67. The zero-order valence-corrected chi connectivity index (χ0v) is 21.3. The number of rotatable bonds is 10. The first-order valence-corrected chi connectivity index (χ1v) is 13.7. The van der Waals surface area contributed by atoms with E-state index < -0.39 is 21.0 Å². The molecule has 4 rings (SSSR count). The Kier molecular flexibility index (Phi) is 7.43. The molecule has 1 atom stereocenters. The van der Waals surface area contributed by atoms with E-state index >= 15 is 0 Å². The summed E-state index contributed by atoms with van der Waals surface area (Å²) < 4.78 is 32.0. The quantitative estimate of drug-likeness (QED) is 0.415. The van der Waals surface area contributed by atoms with E-state index in [0.717, 1.165) is 51.3 Å². The molecule has 1 unspecified atom stereocenters. The van der Waals surface area contributed by atoms with Crippen LogP contribution in [0.15, 0.2) is 24.4 Å². The summed E-state index contributed by atoms with van der Waals surface area (Å²) in [6.07, 6.45) is 3.49. The van der Waals surface area contributed by atoms with Crippen LogP contribution < -0.4 is 10.6 Å². The van der Waals surface area contributed by atoms with Gasteiger partial charge >= 0.3 is 0 Å². The average Bonchev–Trinajstić information content (AvgIpc) is 3.53. The second-order valence-electron chi connectivity index (χ2n) is 8.57. The lowest BCUT2D eigenvalue weighted by molar-refractivity contribution is -0.126. The van der Waals surface area contributed by atoms with Gasteiger partial charge in [0.1, 0.15) is 5.01 Å². The fourth-order valence-corrected chi connectivity index (χ4v) is 6.61. The molecule has 0 spiro atoms. The fourth-order valence-electron chi connectivity index (χ4n) is 3.65. The van der Waals surface area contributed by atoms with Crippen LogP contribution in [0.4, 0.5) is 0 Å². The number of ether oxygens (including phenoxy) is 1. The molecule has 0 bridgehead atoms. The molecule has 3 aromatic rings. The maximum Gasteiger partial charge on any atom is 0.245 e. The Bertz CT molecular complexity index is 1370. The largest absolute Gasteiger partial charge is 0.384 e. The minimum absolute atomic E-state index is 0.0587. The predicted octanol–water partition coefficient (Wildman–Crippen LogP) is 1.87. The van der Waals surface area contributed by atoms with Crippen LogP contribution in [-0.2, 0) is 24.2 Å². The van der Waals surface area contributed by atoms with Gasteiger partial charge in [0, 0.05) is 18.7 Å². The highest BCUT2D eigenvalue weighted by atomic mass is 32.2. The number of sulfone groups is 1. The number of nitrogens with one attached hydrogen (secondary N) is 2. The van der Waals surface area contributed by atoms with E-state index in [1.54, 1.807) is 6.20 Å². The van der Waals surface area contributed by atoms with Gasteiger partial charge in [-0.15, -0.1) is 11.3 Å². The molecule has 1 saturated carbocycles. The summed E-state index contributed by atoms with van der Waals surface area (Å²) in [5, 5.41) is 11.9. The van der Waals surface area contributed by atoms with Crippen molar-refractivity contribution >= 4 is 43.2 Å².